The lowest BCUT2D eigenvalue weighted by Crippen LogP contribution is -2.40. The van der Waals surface area contributed by atoms with Crippen LogP contribution in [0.1, 0.15) is 309 Å². The Bertz CT molecular complexity index is 1720. The van der Waals surface area contributed by atoms with Crippen LogP contribution in [-0.2, 0) is 33.3 Å². The van der Waals surface area contributed by atoms with E-state index in [0.29, 0.717) is 23.9 Å². The summed E-state index contributed by atoms with van der Waals surface area (Å²) in [6.07, 6.45) is 88.4. The molecular formula is C76H134NO8+. The van der Waals surface area contributed by atoms with E-state index in [0.717, 1.165) is 77.0 Å². The molecule has 0 saturated heterocycles. The van der Waals surface area contributed by atoms with Gasteiger partial charge in [0.15, 0.2) is 6.10 Å². The fourth-order valence-electron chi connectivity index (χ4n) is 9.93. The third-order valence-corrected chi connectivity index (χ3v) is 15.3. The first-order chi connectivity index (χ1) is 41.6. The average Bonchev–Trinajstić information content (AvgIpc) is 3.48. The first kappa shape index (κ1) is 81.2. The van der Waals surface area contributed by atoms with Crippen LogP contribution in [0.2, 0.25) is 0 Å². The normalized spacial score (nSPS) is 13.3. The SMILES string of the molecule is CC/C=C\C/C=C\C/C=C\C/C=C\C/C=C\C/C=C\CCCCC(=O)OC(COC(=O)CCCCCCCCCCCCCCCCCCCCCCCCCCCCC/C=C\C/C=C\CCCCCCC)COC(OCC[N+](C)(C)C)C(=O)O. The number of likely N-dealkylation sites (N-methyl/N-ethyl adjacent to an activating group) is 1. The van der Waals surface area contributed by atoms with E-state index in [1.54, 1.807) is 0 Å². The van der Waals surface area contributed by atoms with Gasteiger partial charge in [0.1, 0.15) is 13.2 Å². The summed E-state index contributed by atoms with van der Waals surface area (Å²) in [7, 11) is 5.96. The van der Waals surface area contributed by atoms with Gasteiger partial charge in [0.25, 0.3) is 6.29 Å². The van der Waals surface area contributed by atoms with Crippen molar-refractivity contribution in [1.29, 1.82) is 0 Å². The summed E-state index contributed by atoms with van der Waals surface area (Å²) < 4.78 is 22.9. The molecule has 0 spiro atoms. The molecule has 0 heterocycles. The van der Waals surface area contributed by atoms with E-state index in [9.17, 15) is 19.5 Å². The zero-order chi connectivity index (χ0) is 61.9. The van der Waals surface area contributed by atoms with Crippen molar-refractivity contribution in [3.05, 3.63) is 97.2 Å². The monoisotopic (exact) mass is 1190 g/mol. The standard InChI is InChI=1S/C76H133NO8/c1-6-8-10-12-14-16-18-20-22-24-26-28-29-30-31-32-33-34-35-36-37-38-39-40-41-42-43-44-45-47-48-50-52-54-56-58-60-62-64-66-73(78)83-70-72(71-84-76(75(80)81)82-69-68-77(3,4)5)85-74(79)67-65-63-61-59-57-55-53-51-49-46-27-25-23-21-19-17-15-13-11-9-7-2/h9,11,15,17-18,20-21,23-24,26-27,46,51,53,57,59,72,76H,6-8,10,12-14,16,19,22,25,28-45,47-50,52,54-56,58,60-71H2,1-5H3/p+1/b11-9-,17-15-,20-18-,23-21-,26-24-,46-27-,53-51-,59-57-. The number of quaternary nitrogens is 1. The minimum Gasteiger partial charge on any atom is -0.477 e. The Morgan fingerprint density at radius 2 is 0.671 bits per heavy atom. The maximum absolute atomic E-state index is 12.9. The molecule has 9 heteroatoms. The second-order valence-electron chi connectivity index (χ2n) is 24.8. The van der Waals surface area contributed by atoms with Crippen LogP contribution in [0.15, 0.2) is 97.2 Å². The van der Waals surface area contributed by atoms with Crippen LogP contribution in [-0.4, -0.2) is 87.4 Å². The van der Waals surface area contributed by atoms with Gasteiger partial charge in [-0.15, -0.1) is 0 Å². The topological polar surface area (TPSA) is 108 Å². The van der Waals surface area contributed by atoms with Gasteiger partial charge in [-0.1, -0.05) is 297 Å². The zero-order valence-electron chi connectivity index (χ0n) is 56.0. The number of nitrogens with zero attached hydrogens (tertiary/aromatic N) is 1. The van der Waals surface area contributed by atoms with Gasteiger partial charge in [0, 0.05) is 12.8 Å². The van der Waals surface area contributed by atoms with Crippen molar-refractivity contribution in [1.82, 2.24) is 0 Å². The Morgan fingerprint density at radius 3 is 1.02 bits per heavy atom. The molecule has 0 aromatic rings. The molecule has 0 bridgehead atoms. The molecule has 0 amide bonds. The molecule has 2 unspecified atom stereocenters. The fourth-order valence-corrected chi connectivity index (χ4v) is 9.93. The molecular weight excluding hydrogens is 1050 g/mol. The van der Waals surface area contributed by atoms with Crippen LogP contribution in [0.5, 0.6) is 0 Å². The summed E-state index contributed by atoms with van der Waals surface area (Å²) in [5.41, 5.74) is 0. The third kappa shape index (κ3) is 67.6. The number of carboxylic acid groups (broad SMARTS) is 1. The van der Waals surface area contributed by atoms with Crippen molar-refractivity contribution in [3.8, 4) is 0 Å². The molecule has 0 saturated carbocycles. The third-order valence-electron chi connectivity index (χ3n) is 15.3. The van der Waals surface area contributed by atoms with Gasteiger partial charge >= 0.3 is 17.9 Å². The second kappa shape index (κ2) is 66.2. The molecule has 0 aromatic carbocycles. The van der Waals surface area contributed by atoms with Crippen molar-refractivity contribution in [2.45, 2.75) is 322 Å². The van der Waals surface area contributed by atoms with Crippen LogP contribution in [0.3, 0.4) is 0 Å². The van der Waals surface area contributed by atoms with Gasteiger partial charge in [-0.05, 0) is 96.3 Å². The van der Waals surface area contributed by atoms with Crippen LogP contribution in [0.25, 0.3) is 0 Å². The highest BCUT2D eigenvalue weighted by molar-refractivity contribution is 5.71. The lowest BCUT2D eigenvalue weighted by Gasteiger charge is -2.25. The Kier molecular flexibility index (Phi) is 63.2. The summed E-state index contributed by atoms with van der Waals surface area (Å²) in [5.74, 6) is -2.06. The molecule has 0 radical (unpaired) electrons. The van der Waals surface area contributed by atoms with Gasteiger partial charge < -0.3 is 28.5 Å². The molecule has 85 heavy (non-hydrogen) atoms. The number of hydrogen-bond acceptors (Lipinski definition) is 7. The largest absolute Gasteiger partial charge is 0.477 e. The highest BCUT2D eigenvalue weighted by Crippen LogP contribution is 2.18. The lowest BCUT2D eigenvalue weighted by atomic mass is 10.0. The quantitative estimate of drug-likeness (QED) is 0.0211. The van der Waals surface area contributed by atoms with Crippen molar-refractivity contribution < 1.29 is 42.9 Å². The van der Waals surface area contributed by atoms with Crippen molar-refractivity contribution in [2.24, 2.45) is 0 Å². The predicted octanol–water partition coefficient (Wildman–Crippen LogP) is 22.0. The fraction of sp³-hybridized carbons (Fsp3) is 0.750. The lowest BCUT2D eigenvalue weighted by molar-refractivity contribution is -0.870. The van der Waals surface area contributed by atoms with Crippen molar-refractivity contribution in [2.75, 3.05) is 47.5 Å². The number of allylic oxidation sites excluding steroid dienone is 16. The summed E-state index contributed by atoms with van der Waals surface area (Å²) >= 11 is 0. The highest BCUT2D eigenvalue weighted by atomic mass is 16.7. The number of ether oxygens (including phenoxy) is 4. The minimum atomic E-state index is -1.53. The molecule has 490 valence electrons. The van der Waals surface area contributed by atoms with E-state index in [4.69, 9.17) is 18.9 Å². The second-order valence-corrected chi connectivity index (χ2v) is 24.8. The maximum atomic E-state index is 12.9. The number of carbonyl (C=O) groups excluding carboxylic acids is 2. The van der Waals surface area contributed by atoms with E-state index in [1.807, 2.05) is 21.1 Å². The zero-order valence-corrected chi connectivity index (χ0v) is 56.0. The van der Waals surface area contributed by atoms with Crippen molar-refractivity contribution >= 4 is 17.9 Å². The summed E-state index contributed by atoms with van der Waals surface area (Å²) in [6, 6.07) is 0. The van der Waals surface area contributed by atoms with Gasteiger partial charge in [0.05, 0.1) is 34.4 Å². The number of hydrogen-bond donors (Lipinski definition) is 1. The van der Waals surface area contributed by atoms with E-state index < -0.39 is 24.3 Å². The summed E-state index contributed by atoms with van der Waals surface area (Å²) in [4.78, 5) is 37.5. The Morgan fingerprint density at radius 1 is 0.365 bits per heavy atom. The number of rotatable bonds is 65. The summed E-state index contributed by atoms with van der Waals surface area (Å²) in [5, 5.41) is 9.73. The molecule has 0 rings (SSSR count). The smallest absolute Gasteiger partial charge is 0.361 e. The molecule has 0 aliphatic carbocycles. The molecule has 2 atom stereocenters. The molecule has 0 aliphatic rings. The number of carboxylic acids is 1. The van der Waals surface area contributed by atoms with Crippen LogP contribution >= 0.6 is 0 Å². The first-order valence-electron chi connectivity index (χ1n) is 35.4. The Labute approximate surface area is 524 Å². The highest BCUT2D eigenvalue weighted by Gasteiger charge is 2.25. The van der Waals surface area contributed by atoms with Gasteiger partial charge in [-0.3, -0.25) is 9.59 Å². The number of unbranched alkanes of at least 4 members (excludes halogenated alkanes) is 34. The molecule has 0 fully saturated rings. The molecule has 9 nitrogen and oxygen atoms in total. The Hall–Kier alpha value is -3.79. The summed E-state index contributed by atoms with van der Waals surface area (Å²) in [6.45, 7) is 4.72. The van der Waals surface area contributed by atoms with Crippen LogP contribution < -0.4 is 0 Å². The number of carbonyl (C=O) groups is 3. The molecule has 0 aliphatic heterocycles. The predicted molar refractivity (Wildman–Crippen MR) is 364 cm³/mol. The van der Waals surface area contributed by atoms with E-state index in [1.165, 1.54) is 199 Å². The van der Waals surface area contributed by atoms with Crippen molar-refractivity contribution in [3.63, 3.8) is 0 Å². The van der Waals surface area contributed by atoms with Crippen LogP contribution in [0, 0.1) is 0 Å². The minimum absolute atomic E-state index is 0.176. The van der Waals surface area contributed by atoms with E-state index in [2.05, 4.69) is 111 Å². The average molecular weight is 1190 g/mol. The van der Waals surface area contributed by atoms with Gasteiger partial charge in [-0.2, -0.15) is 0 Å². The first-order valence-corrected chi connectivity index (χ1v) is 35.4. The van der Waals surface area contributed by atoms with E-state index in [-0.39, 0.29) is 32.2 Å². The number of esters is 2. The number of aliphatic carboxylic acids is 1. The van der Waals surface area contributed by atoms with Crippen LogP contribution in [0.4, 0.5) is 0 Å². The van der Waals surface area contributed by atoms with E-state index >= 15 is 0 Å². The van der Waals surface area contributed by atoms with Gasteiger partial charge in [0.2, 0.25) is 0 Å². The maximum Gasteiger partial charge on any atom is 0.361 e. The molecule has 0 aromatic heterocycles. The van der Waals surface area contributed by atoms with Gasteiger partial charge in [-0.25, -0.2) is 4.79 Å². The Balaban J connectivity index is 4.03. The molecule has 1 N–H and O–H groups in total.